The summed E-state index contributed by atoms with van der Waals surface area (Å²) in [6.07, 6.45) is 6.63. The van der Waals surface area contributed by atoms with Gasteiger partial charge in [-0.2, -0.15) is 0 Å². The van der Waals surface area contributed by atoms with Gasteiger partial charge >= 0.3 is 6.01 Å². The molecule has 5 rings (SSSR count). The van der Waals surface area contributed by atoms with E-state index in [-0.39, 0.29) is 6.01 Å². The van der Waals surface area contributed by atoms with Gasteiger partial charge in [0.25, 0.3) is 0 Å². The standard InChI is InChI=1S/C24H16F2N6O/c1-33-24-28-12-16(13-29-24)14-4-7-21-18(9-14)23(30-17-5-6-19(25)20(26)10-17)32-22(31-21)15-3-2-8-27-11-15/h2-13H,1H3,(H,30,31,32). The van der Waals surface area contributed by atoms with E-state index >= 15 is 0 Å². The lowest BCUT2D eigenvalue weighted by Gasteiger charge is -2.12. The van der Waals surface area contributed by atoms with Crippen molar-refractivity contribution in [3.63, 3.8) is 0 Å². The van der Waals surface area contributed by atoms with Crippen molar-refractivity contribution < 1.29 is 13.5 Å². The fourth-order valence-corrected chi connectivity index (χ4v) is 3.31. The number of aromatic nitrogens is 5. The summed E-state index contributed by atoms with van der Waals surface area (Å²) in [6, 6.07) is 13.1. The van der Waals surface area contributed by atoms with Crippen molar-refractivity contribution in [1.29, 1.82) is 0 Å². The van der Waals surface area contributed by atoms with Crippen LogP contribution in [0, 0.1) is 11.6 Å². The first-order chi connectivity index (χ1) is 16.1. The molecule has 0 saturated heterocycles. The zero-order valence-electron chi connectivity index (χ0n) is 17.3. The third-order valence-electron chi connectivity index (χ3n) is 4.94. The fourth-order valence-electron chi connectivity index (χ4n) is 3.31. The Balaban J connectivity index is 1.65. The van der Waals surface area contributed by atoms with E-state index in [4.69, 9.17) is 4.74 Å². The number of anilines is 2. The van der Waals surface area contributed by atoms with Crippen LogP contribution in [-0.2, 0) is 0 Å². The smallest absolute Gasteiger partial charge is 0.316 e. The Bertz CT molecular complexity index is 1450. The summed E-state index contributed by atoms with van der Waals surface area (Å²) in [7, 11) is 1.50. The van der Waals surface area contributed by atoms with E-state index in [1.165, 1.54) is 13.2 Å². The number of hydrogen-bond acceptors (Lipinski definition) is 7. The monoisotopic (exact) mass is 442 g/mol. The molecule has 0 aliphatic heterocycles. The Labute approximate surface area is 187 Å². The van der Waals surface area contributed by atoms with Crippen molar-refractivity contribution in [3.05, 3.63) is 85.0 Å². The second-order valence-corrected chi connectivity index (χ2v) is 7.08. The van der Waals surface area contributed by atoms with Crippen LogP contribution in [-0.4, -0.2) is 32.0 Å². The first-order valence-electron chi connectivity index (χ1n) is 9.91. The molecule has 33 heavy (non-hydrogen) atoms. The molecule has 0 unspecified atom stereocenters. The van der Waals surface area contributed by atoms with Gasteiger partial charge in [-0.1, -0.05) is 6.07 Å². The highest BCUT2D eigenvalue weighted by Gasteiger charge is 2.13. The molecule has 0 saturated carbocycles. The quantitative estimate of drug-likeness (QED) is 0.401. The zero-order valence-corrected chi connectivity index (χ0v) is 17.3. The number of pyridine rings is 1. The van der Waals surface area contributed by atoms with E-state index in [9.17, 15) is 8.78 Å². The average molecular weight is 442 g/mol. The van der Waals surface area contributed by atoms with E-state index in [1.807, 2.05) is 24.3 Å². The maximum absolute atomic E-state index is 13.8. The van der Waals surface area contributed by atoms with Crippen molar-refractivity contribution in [2.24, 2.45) is 0 Å². The molecule has 9 heteroatoms. The van der Waals surface area contributed by atoms with Gasteiger partial charge in [0.15, 0.2) is 17.5 Å². The van der Waals surface area contributed by atoms with Gasteiger partial charge in [0, 0.05) is 53.1 Å². The van der Waals surface area contributed by atoms with Gasteiger partial charge in [-0.3, -0.25) is 4.98 Å². The van der Waals surface area contributed by atoms with Gasteiger partial charge in [-0.05, 0) is 42.0 Å². The Morgan fingerprint density at radius 2 is 1.67 bits per heavy atom. The molecule has 0 aliphatic rings. The molecule has 5 aromatic rings. The van der Waals surface area contributed by atoms with Crippen LogP contribution in [0.15, 0.2) is 73.3 Å². The Morgan fingerprint density at radius 1 is 0.818 bits per heavy atom. The van der Waals surface area contributed by atoms with Crippen LogP contribution in [0.2, 0.25) is 0 Å². The van der Waals surface area contributed by atoms with E-state index in [2.05, 4.69) is 30.2 Å². The number of methoxy groups -OCH3 is 1. The lowest BCUT2D eigenvalue weighted by molar-refractivity contribution is 0.380. The summed E-state index contributed by atoms with van der Waals surface area (Å²) in [6.45, 7) is 0. The minimum Gasteiger partial charge on any atom is -0.467 e. The Morgan fingerprint density at radius 3 is 2.39 bits per heavy atom. The van der Waals surface area contributed by atoms with Crippen LogP contribution in [0.1, 0.15) is 0 Å². The number of nitrogens with one attached hydrogen (secondary N) is 1. The summed E-state index contributed by atoms with van der Waals surface area (Å²) in [5, 5.41) is 3.77. The van der Waals surface area contributed by atoms with Crippen molar-refractivity contribution >= 4 is 22.4 Å². The molecule has 7 nitrogen and oxygen atoms in total. The highest BCUT2D eigenvalue weighted by atomic mass is 19.2. The van der Waals surface area contributed by atoms with Crippen LogP contribution >= 0.6 is 0 Å². The van der Waals surface area contributed by atoms with E-state index < -0.39 is 11.6 Å². The third kappa shape index (κ3) is 4.16. The lowest BCUT2D eigenvalue weighted by atomic mass is 10.1. The van der Waals surface area contributed by atoms with Crippen LogP contribution in [0.3, 0.4) is 0 Å². The molecule has 0 atom stereocenters. The molecule has 0 fully saturated rings. The topological polar surface area (TPSA) is 85.7 Å². The molecule has 0 aliphatic carbocycles. The molecule has 0 bridgehead atoms. The van der Waals surface area contributed by atoms with Crippen LogP contribution in [0.5, 0.6) is 6.01 Å². The predicted octanol–water partition coefficient (Wildman–Crippen LogP) is 5.18. The first-order valence-corrected chi connectivity index (χ1v) is 9.91. The van der Waals surface area contributed by atoms with Crippen LogP contribution in [0.25, 0.3) is 33.4 Å². The number of ether oxygens (including phenoxy) is 1. The zero-order chi connectivity index (χ0) is 22.8. The van der Waals surface area contributed by atoms with Gasteiger partial charge in [-0.15, -0.1) is 0 Å². The Hall–Kier alpha value is -4.53. The Kier molecular flexibility index (Phi) is 5.27. The number of nitrogens with zero attached hydrogens (tertiary/aromatic N) is 5. The molecule has 1 N–H and O–H groups in total. The number of halogens is 2. The van der Waals surface area contributed by atoms with Crippen LogP contribution in [0.4, 0.5) is 20.3 Å². The van der Waals surface area contributed by atoms with Crippen molar-refractivity contribution in [1.82, 2.24) is 24.9 Å². The normalized spacial score (nSPS) is 10.9. The SMILES string of the molecule is COc1ncc(-c2ccc3nc(-c4cccnc4)nc(Nc4ccc(F)c(F)c4)c3c2)cn1. The largest absolute Gasteiger partial charge is 0.467 e. The van der Waals surface area contributed by atoms with Crippen LogP contribution < -0.4 is 10.1 Å². The maximum Gasteiger partial charge on any atom is 0.316 e. The summed E-state index contributed by atoms with van der Waals surface area (Å²) in [4.78, 5) is 21.7. The first kappa shape index (κ1) is 20.4. The number of hydrogen-bond donors (Lipinski definition) is 1. The summed E-state index contributed by atoms with van der Waals surface area (Å²) >= 11 is 0. The molecule has 0 radical (unpaired) electrons. The average Bonchev–Trinajstić information content (AvgIpc) is 2.86. The van der Waals surface area contributed by atoms with E-state index in [0.717, 1.165) is 28.8 Å². The van der Waals surface area contributed by atoms with Gasteiger partial charge in [0.2, 0.25) is 0 Å². The maximum atomic E-state index is 13.8. The van der Waals surface area contributed by atoms with Crippen molar-refractivity contribution in [2.75, 3.05) is 12.4 Å². The number of rotatable bonds is 5. The molecular formula is C24H16F2N6O. The van der Waals surface area contributed by atoms with Gasteiger partial charge < -0.3 is 10.1 Å². The molecule has 2 aromatic carbocycles. The lowest BCUT2D eigenvalue weighted by Crippen LogP contribution is -2.01. The molecule has 0 amide bonds. The summed E-state index contributed by atoms with van der Waals surface area (Å²) in [5.74, 6) is -1.00. The molecule has 162 valence electrons. The number of benzene rings is 2. The molecule has 3 aromatic heterocycles. The fraction of sp³-hybridized carbons (Fsp3) is 0.0417. The minimum atomic E-state index is -0.957. The van der Waals surface area contributed by atoms with Crippen molar-refractivity contribution in [3.8, 4) is 28.5 Å². The predicted molar refractivity (Wildman–Crippen MR) is 120 cm³/mol. The number of fused-ring (bicyclic) bond motifs is 1. The van der Waals surface area contributed by atoms with Gasteiger partial charge in [0.05, 0.1) is 12.6 Å². The van der Waals surface area contributed by atoms with E-state index in [0.29, 0.717) is 28.2 Å². The van der Waals surface area contributed by atoms with Crippen molar-refractivity contribution in [2.45, 2.75) is 0 Å². The molecular weight excluding hydrogens is 426 g/mol. The van der Waals surface area contributed by atoms with Gasteiger partial charge in [0.1, 0.15) is 5.82 Å². The summed E-state index contributed by atoms with van der Waals surface area (Å²) < 4.78 is 32.2. The van der Waals surface area contributed by atoms with E-state index in [1.54, 1.807) is 30.9 Å². The molecule has 0 spiro atoms. The molecule has 3 heterocycles. The second-order valence-electron chi connectivity index (χ2n) is 7.08. The second kappa shape index (κ2) is 8.54. The van der Waals surface area contributed by atoms with Gasteiger partial charge in [-0.25, -0.2) is 28.7 Å². The highest BCUT2D eigenvalue weighted by molar-refractivity contribution is 5.95. The third-order valence-corrected chi connectivity index (χ3v) is 4.94. The minimum absolute atomic E-state index is 0.268. The summed E-state index contributed by atoms with van der Waals surface area (Å²) in [5.41, 5.74) is 3.33. The highest BCUT2D eigenvalue weighted by Crippen LogP contribution is 2.31.